The van der Waals surface area contributed by atoms with Crippen LogP contribution < -0.4 is 9.64 Å². The summed E-state index contributed by atoms with van der Waals surface area (Å²) < 4.78 is 4.98. The van der Waals surface area contributed by atoms with Crippen molar-refractivity contribution in [1.29, 1.82) is 0 Å². The first-order valence-corrected chi connectivity index (χ1v) is 5.01. The minimum Gasteiger partial charge on any atom is -0.481 e. The molecule has 90 valence electrons. The quantitative estimate of drug-likeness (QED) is 0.797. The van der Waals surface area contributed by atoms with Crippen molar-refractivity contribution in [2.24, 2.45) is 0 Å². The van der Waals surface area contributed by atoms with Crippen molar-refractivity contribution < 1.29 is 19.4 Å². The van der Waals surface area contributed by atoms with Gasteiger partial charge in [0, 0.05) is 6.07 Å². The SMILES string of the molecule is COc1cc2c(cn1)N(C(=O)O)C(=O)C2(C)C. The van der Waals surface area contributed by atoms with E-state index in [2.05, 4.69) is 4.98 Å². The smallest absolute Gasteiger partial charge is 0.418 e. The van der Waals surface area contributed by atoms with Gasteiger partial charge in [0.2, 0.25) is 11.8 Å². The highest BCUT2D eigenvalue weighted by molar-refractivity contribution is 6.20. The number of hydrogen-bond acceptors (Lipinski definition) is 4. The van der Waals surface area contributed by atoms with E-state index >= 15 is 0 Å². The van der Waals surface area contributed by atoms with Gasteiger partial charge in [-0.2, -0.15) is 0 Å². The van der Waals surface area contributed by atoms with Gasteiger partial charge in [0.15, 0.2) is 0 Å². The second kappa shape index (κ2) is 3.44. The summed E-state index contributed by atoms with van der Waals surface area (Å²) in [7, 11) is 1.47. The van der Waals surface area contributed by atoms with Gasteiger partial charge >= 0.3 is 6.09 Å². The van der Waals surface area contributed by atoms with Crippen LogP contribution in [-0.4, -0.2) is 29.2 Å². The van der Waals surface area contributed by atoms with Gasteiger partial charge in [-0.25, -0.2) is 14.7 Å². The van der Waals surface area contributed by atoms with Crippen LogP contribution in [0.2, 0.25) is 0 Å². The summed E-state index contributed by atoms with van der Waals surface area (Å²) in [6, 6.07) is 1.59. The first-order chi connectivity index (χ1) is 7.89. The molecule has 0 aromatic carbocycles. The second-order valence-electron chi connectivity index (χ2n) is 4.29. The molecular weight excluding hydrogens is 224 g/mol. The van der Waals surface area contributed by atoms with Crippen molar-refractivity contribution in [3.05, 3.63) is 17.8 Å². The topological polar surface area (TPSA) is 79.7 Å². The van der Waals surface area contributed by atoms with Crippen molar-refractivity contribution in [3.8, 4) is 5.88 Å². The Labute approximate surface area is 97.8 Å². The molecule has 0 unspecified atom stereocenters. The molecular formula is C11H12N2O4. The predicted octanol–water partition coefficient (Wildman–Crippen LogP) is 1.39. The molecule has 1 N–H and O–H groups in total. The summed E-state index contributed by atoms with van der Waals surface area (Å²) in [5, 5.41) is 9.04. The zero-order valence-corrected chi connectivity index (χ0v) is 9.72. The zero-order chi connectivity index (χ0) is 12.8. The van der Waals surface area contributed by atoms with E-state index in [4.69, 9.17) is 9.84 Å². The number of ether oxygens (including phenoxy) is 1. The molecule has 1 aliphatic rings. The monoisotopic (exact) mass is 236 g/mol. The first-order valence-electron chi connectivity index (χ1n) is 5.01. The van der Waals surface area contributed by atoms with Crippen LogP contribution >= 0.6 is 0 Å². The Morgan fingerprint density at radius 2 is 2.18 bits per heavy atom. The Morgan fingerprint density at radius 1 is 1.53 bits per heavy atom. The summed E-state index contributed by atoms with van der Waals surface area (Å²) in [5.41, 5.74) is 0.0225. The largest absolute Gasteiger partial charge is 0.481 e. The predicted molar refractivity (Wildman–Crippen MR) is 59.3 cm³/mol. The van der Waals surface area contributed by atoms with E-state index < -0.39 is 17.4 Å². The maximum atomic E-state index is 12.0. The molecule has 0 saturated heterocycles. The average Bonchev–Trinajstić information content (AvgIpc) is 2.47. The number of aromatic nitrogens is 1. The Morgan fingerprint density at radius 3 is 2.71 bits per heavy atom. The van der Waals surface area contributed by atoms with E-state index in [1.165, 1.54) is 13.3 Å². The third kappa shape index (κ3) is 1.44. The van der Waals surface area contributed by atoms with Crippen molar-refractivity contribution in [2.45, 2.75) is 19.3 Å². The lowest BCUT2D eigenvalue weighted by Crippen LogP contribution is -2.39. The Hall–Kier alpha value is -2.11. The Kier molecular flexibility index (Phi) is 2.30. The highest BCUT2D eigenvalue weighted by atomic mass is 16.5. The fourth-order valence-electron chi connectivity index (χ4n) is 1.91. The molecule has 0 saturated carbocycles. The fourth-order valence-corrected chi connectivity index (χ4v) is 1.91. The van der Waals surface area contributed by atoms with Gasteiger partial charge in [-0.3, -0.25) is 4.79 Å². The van der Waals surface area contributed by atoms with E-state index in [9.17, 15) is 9.59 Å². The number of pyridine rings is 1. The number of rotatable bonds is 1. The lowest BCUT2D eigenvalue weighted by atomic mass is 9.87. The molecule has 6 heteroatoms. The zero-order valence-electron chi connectivity index (χ0n) is 9.72. The van der Waals surface area contributed by atoms with Gasteiger partial charge in [-0.05, 0) is 19.4 Å². The summed E-state index contributed by atoms with van der Waals surface area (Å²) in [6.45, 7) is 3.35. The maximum Gasteiger partial charge on any atom is 0.418 e. The minimum absolute atomic E-state index is 0.299. The molecule has 0 radical (unpaired) electrons. The number of anilines is 1. The van der Waals surface area contributed by atoms with Crippen molar-refractivity contribution in [1.82, 2.24) is 4.98 Å². The van der Waals surface area contributed by atoms with Crippen LogP contribution in [0.1, 0.15) is 19.4 Å². The highest BCUT2D eigenvalue weighted by Gasteiger charge is 2.47. The second-order valence-corrected chi connectivity index (χ2v) is 4.29. The van der Waals surface area contributed by atoms with Gasteiger partial charge in [-0.1, -0.05) is 0 Å². The fraction of sp³-hybridized carbons (Fsp3) is 0.364. The highest BCUT2D eigenvalue weighted by Crippen LogP contribution is 2.42. The molecule has 0 aliphatic carbocycles. The molecule has 0 bridgehead atoms. The van der Waals surface area contributed by atoms with Crippen LogP contribution in [0.4, 0.5) is 10.5 Å². The molecule has 0 spiro atoms. The van der Waals surface area contributed by atoms with Gasteiger partial charge < -0.3 is 9.84 Å². The number of carbonyl (C=O) groups is 2. The molecule has 0 fully saturated rings. The Bertz CT molecular complexity index is 510. The van der Waals surface area contributed by atoms with Gasteiger partial charge in [0.05, 0.1) is 24.4 Å². The Balaban J connectivity index is 2.65. The average molecular weight is 236 g/mol. The third-order valence-electron chi connectivity index (χ3n) is 2.91. The van der Waals surface area contributed by atoms with Crippen LogP contribution in [0.15, 0.2) is 12.3 Å². The van der Waals surface area contributed by atoms with Gasteiger partial charge in [0.25, 0.3) is 0 Å². The number of fused-ring (bicyclic) bond motifs is 1. The number of imide groups is 1. The van der Waals surface area contributed by atoms with E-state index in [-0.39, 0.29) is 0 Å². The van der Waals surface area contributed by atoms with E-state index in [1.807, 2.05) is 0 Å². The summed E-state index contributed by atoms with van der Waals surface area (Å²) >= 11 is 0. The van der Waals surface area contributed by atoms with Crippen LogP contribution in [0.3, 0.4) is 0 Å². The molecule has 6 nitrogen and oxygen atoms in total. The number of carbonyl (C=O) groups excluding carboxylic acids is 1. The molecule has 2 heterocycles. The number of carboxylic acid groups (broad SMARTS) is 1. The first kappa shape index (κ1) is 11.4. The standard InChI is InChI=1S/C11H12N2O4/c1-11(2)6-4-8(17-3)12-5-7(6)13(9(11)14)10(15)16/h4-5H,1-3H3,(H,15,16). The molecule has 1 aliphatic heterocycles. The number of amides is 2. The van der Waals surface area contributed by atoms with Gasteiger partial charge in [-0.15, -0.1) is 0 Å². The van der Waals surface area contributed by atoms with Crippen LogP contribution in [0.5, 0.6) is 5.88 Å². The summed E-state index contributed by atoms with van der Waals surface area (Å²) in [5.74, 6) is -0.119. The number of hydrogen-bond donors (Lipinski definition) is 1. The van der Waals surface area contributed by atoms with Crippen molar-refractivity contribution in [3.63, 3.8) is 0 Å². The normalized spacial score (nSPS) is 16.9. The van der Waals surface area contributed by atoms with E-state index in [1.54, 1.807) is 19.9 Å². The molecule has 1 aromatic heterocycles. The molecule has 2 rings (SSSR count). The van der Waals surface area contributed by atoms with Crippen molar-refractivity contribution >= 4 is 17.7 Å². The summed E-state index contributed by atoms with van der Waals surface area (Å²) in [4.78, 5) is 27.7. The summed E-state index contributed by atoms with van der Waals surface area (Å²) in [6.07, 6.45) is 0.0448. The molecule has 17 heavy (non-hydrogen) atoms. The van der Waals surface area contributed by atoms with E-state index in [0.29, 0.717) is 17.1 Å². The van der Waals surface area contributed by atoms with Crippen LogP contribution in [0.25, 0.3) is 0 Å². The van der Waals surface area contributed by atoms with Crippen LogP contribution in [-0.2, 0) is 10.2 Å². The van der Waals surface area contributed by atoms with E-state index in [0.717, 1.165) is 4.90 Å². The van der Waals surface area contributed by atoms with Crippen molar-refractivity contribution in [2.75, 3.05) is 12.0 Å². The minimum atomic E-state index is -1.30. The molecule has 0 atom stereocenters. The molecule has 1 aromatic rings. The lowest BCUT2D eigenvalue weighted by Gasteiger charge is -2.16. The lowest BCUT2D eigenvalue weighted by molar-refractivity contribution is -0.121. The van der Waals surface area contributed by atoms with Crippen LogP contribution in [0, 0.1) is 0 Å². The number of nitrogens with zero attached hydrogens (tertiary/aromatic N) is 2. The third-order valence-corrected chi connectivity index (χ3v) is 2.91. The number of methoxy groups -OCH3 is 1. The maximum absolute atomic E-state index is 12.0. The molecule has 2 amide bonds. The van der Waals surface area contributed by atoms with Gasteiger partial charge in [0.1, 0.15) is 0 Å².